The molecule has 160 valence electrons. The van der Waals surface area contributed by atoms with Crippen LogP contribution in [-0.4, -0.2) is 22.3 Å². The zero-order valence-electron chi connectivity index (χ0n) is 16.2. The Labute approximate surface area is 187 Å². The molecule has 0 aliphatic carbocycles. The molecule has 1 amide bonds. The summed E-state index contributed by atoms with van der Waals surface area (Å²) in [5, 5.41) is 0.453. The van der Waals surface area contributed by atoms with Gasteiger partial charge in [-0.2, -0.15) is 13.2 Å². The van der Waals surface area contributed by atoms with Crippen LogP contribution < -0.4 is 0 Å². The van der Waals surface area contributed by atoms with Crippen LogP contribution in [0.4, 0.5) is 13.2 Å². The number of nitrogens with zero attached hydrogens (tertiary/aromatic N) is 2. The standard InChI is InChI=1S/C23H17Cl2F3N2O/c24-17-7-5-15(6-8-17)22(31)30-10-9-14-3-1-2-4-18(14)21(30)12-20-19(25)11-16(13-29-20)23(26,27)28/h1-8,11,13,21H,9-10,12H2. The van der Waals surface area contributed by atoms with Gasteiger partial charge in [-0.15, -0.1) is 0 Å². The van der Waals surface area contributed by atoms with Crippen molar-refractivity contribution in [3.05, 3.63) is 98.8 Å². The molecule has 8 heteroatoms. The Morgan fingerprint density at radius 1 is 1.10 bits per heavy atom. The molecular formula is C23H17Cl2F3N2O. The zero-order valence-corrected chi connectivity index (χ0v) is 17.7. The summed E-state index contributed by atoms with van der Waals surface area (Å²) in [5.41, 5.74) is 1.93. The van der Waals surface area contributed by atoms with E-state index in [0.717, 1.165) is 23.4 Å². The Morgan fingerprint density at radius 2 is 1.81 bits per heavy atom. The average molecular weight is 465 g/mol. The van der Waals surface area contributed by atoms with Crippen molar-refractivity contribution in [2.24, 2.45) is 0 Å². The molecule has 0 saturated heterocycles. The first-order valence-corrected chi connectivity index (χ1v) is 10.4. The van der Waals surface area contributed by atoms with Gasteiger partial charge in [-0.25, -0.2) is 0 Å². The van der Waals surface area contributed by atoms with Crippen LogP contribution in [0.1, 0.15) is 38.8 Å². The second-order valence-corrected chi connectivity index (χ2v) is 8.17. The maximum absolute atomic E-state index is 13.3. The SMILES string of the molecule is O=C(c1ccc(Cl)cc1)N1CCc2ccccc2C1Cc1ncc(C(F)(F)F)cc1Cl. The molecule has 2 aromatic carbocycles. The number of rotatable bonds is 3. The number of benzene rings is 2. The van der Waals surface area contributed by atoms with Crippen molar-refractivity contribution >= 4 is 29.1 Å². The number of hydrogen-bond acceptors (Lipinski definition) is 2. The molecule has 0 fully saturated rings. The van der Waals surface area contributed by atoms with E-state index in [1.807, 2.05) is 24.3 Å². The van der Waals surface area contributed by atoms with Gasteiger partial charge < -0.3 is 4.90 Å². The van der Waals surface area contributed by atoms with Crippen LogP contribution >= 0.6 is 23.2 Å². The number of fused-ring (bicyclic) bond motifs is 1. The first-order chi connectivity index (χ1) is 14.7. The summed E-state index contributed by atoms with van der Waals surface area (Å²) in [7, 11) is 0. The highest BCUT2D eigenvalue weighted by Gasteiger charge is 2.34. The number of carbonyl (C=O) groups excluding carboxylic acids is 1. The van der Waals surface area contributed by atoms with Crippen LogP contribution in [0.5, 0.6) is 0 Å². The quantitative estimate of drug-likeness (QED) is 0.449. The molecule has 0 spiro atoms. The molecule has 3 nitrogen and oxygen atoms in total. The second kappa shape index (κ2) is 8.52. The summed E-state index contributed by atoms with van der Waals surface area (Å²) >= 11 is 12.1. The van der Waals surface area contributed by atoms with Gasteiger partial charge in [-0.05, 0) is 47.9 Å². The van der Waals surface area contributed by atoms with E-state index in [1.54, 1.807) is 29.2 Å². The highest BCUT2D eigenvalue weighted by atomic mass is 35.5. The van der Waals surface area contributed by atoms with Gasteiger partial charge in [0.2, 0.25) is 0 Å². The second-order valence-electron chi connectivity index (χ2n) is 7.32. The van der Waals surface area contributed by atoms with Crippen molar-refractivity contribution < 1.29 is 18.0 Å². The van der Waals surface area contributed by atoms with E-state index in [9.17, 15) is 18.0 Å². The highest BCUT2D eigenvalue weighted by Crippen LogP contribution is 2.36. The molecule has 31 heavy (non-hydrogen) atoms. The van der Waals surface area contributed by atoms with Gasteiger partial charge in [-0.3, -0.25) is 9.78 Å². The molecule has 2 heterocycles. The fourth-order valence-corrected chi connectivity index (χ4v) is 4.20. The van der Waals surface area contributed by atoms with Gasteiger partial charge in [0.15, 0.2) is 0 Å². The molecule has 1 aliphatic heterocycles. The minimum atomic E-state index is -4.52. The number of amides is 1. The molecule has 1 atom stereocenters. The largest absolute Gasteiger partial charge is 0.417 e. The minimum absolute atomic E-state index is 0.0724. The van der Waals surface area contributed by atoms with Crippen LogP contribution in [0.25, 0.3) is 0 Å². The van der Waals surface area contributed by atoms with Crippen molar-refractivity contribution in [2.45, 2.75) is 25.1 Å². The van der Waals surface area contributed by atoms with Crippen LogP contribution in [-0.2, 0) is 19.0 Å². The third kappa shape index (κ3) is 4.55. The molecule has 1 aliphatic rings. The lowest BCUT2D eigenvalue weighted by Crippen LogP contribution is -2.41. The van der Waals surface area contributed by atoms with Gasteiger partial charge in [0.05, 0.1) is 22.3 Å². The van der Waals surface area contributed by atoms with Gasteiger partial charge >= 0.3 is 6.18 Å². The van der Waals surface area contributed by atoms with Gasteiger partial charge in [0.25, 0.3) is 5.91 Å². The molecule has 4 rings (SSSR count). The van der Waals surface area contributed by atoms with E-state index in [0.29, 0.717) is 29.2 Å². The number of halogens is 5. The fraction of sp³-hybridized carbons (Fsp3) is 0.217. The number of pyridine rings is 1. The third-order valence-electron chi connectivity index (χ3n) is 5.40. The predicted molar refractivity (Wildman–Crippen MR) is 113 cm³/mol. The number of hydrogen-bond donors (Lipinski definition) is 0. The maximum Gasteiger partial charge on any atom is 0.417 e. The minimum Gasteiger partial charge on any atom is -0.331 e. The molecule has 1 aromatic heterocycles. The van der Waals surface area contributed by atoms with E-state index in [-0.39, 0.29) is 17.4 Å². The molecule has 0 radical (unpaired) electrons. The molecule has 0 N–H and O–H groups in total. The van der Waals surface area contributed by atoms with Crippen LogP contribution in [0.2, 0.25) is 10.0 Å². The normalized spacial score (nSPS) is 16.2. The average Bonchev–Trinajstić information content (AvgIpc) is 2.74. The summed E-state index contributed by atoms with van der Waals surface area (Å²) in [6.45, 7) is 0.474. The lowest BCUT2D eigenvalue weighted by molar-refractivity contribution is -0.137. The van der Waals surface area contributed by atoms with E-state index in [4.69, 9.17) is 23.2 Å². The van der Waals surface area contributed by atoms with Crippen molar-refractivity contribution in [3.8, 4) is 0 Å². The topological polar surface area (TPSA) is 33.2 Å². The van der Waals surface area contributed by atoms with Crippen molar-refractivity contribution in [1.82, 2.24) is 9.88 Å². The highest BCUT2D eigenvalue weighted by molar-refractivity contribution is 6.31. The summed E-state index contributed by atoms with van der Waals surface area (Å²) in [6.07, 6.45) is -2.86. The maximum atomic E-state index is 13.3. The van der Waals surface area contributed by atoms with E-state index >= 15 is 0 Å². The Morgan fingerprint density at radius 3 is 2.48 bits per heavy atom. The summed E-state index contributed by atoms with van der Waals surface area (Å²) in [4.78, 5) is 19.0. The molecule has 0 saturated carbocycles. The van der Waals surface area contributed by atoms with Crippen LogP contribution in [0, 0.1) is 0 Å². The summed E-state index contributed by atoms with van der Waals surface area (Å²) < 4.78 is 38.9. The van der Waals surface area contributed by atoms with Crippen molar-refractivity contribution in [1.29, 1.82) is 0 Å². The van der Waals surface area contributed by atoms with Crippen LogP contribution in [0.3, 0.4) is 0 Å². The summed E-state index contributed by atoms with van der Waals surface area (Å²) in [6, 6.07) is 14.8. The van der Waals surface area contributed by atoms with E-state index in [2.05, 4.69) is 4.98 Å². The first-order valence-electron chi connectivity index (χ1n) is 9.60. The number of aromatic nitrogens is 1. The Hall–Kier alpha value is -2.57. The van der Waals surface area contributed by atoms with Crippen LogP contribution in [0.15, 0.2) is 60.8 Å². The van der Waals surface area contributed by atoms with Gasteiger partial charge in [0, 0.05) is 29.7 Å². The Bertz CT molecular complexity index is 1120. The van der Waals surface area contributed by atoms with Gasteiger partial charge in [-0.1, -0.05) is 47.5 Å². The fourth-order valence-electron chi connectivity index (χ4n) is 3.83. The third-order valence-corrected chi connectivity index (χ3v) is 5.98. The Balaban J connectivity index is 1.70. The molecule has 1 unspecified atom stereocenters. The molecule has 3 aromatic rings. The van der Waals surface area contributed by atoms with E-state index in [1.165, 1.54) is 0 Å². The monoisotopic (exact) mass is 464 g/mol. The predicted octanol–water partition coefficient (Wildman–Crippen LogP) is 6.39. The van der Waals surface area contributed by atoms with Crippen molar-refractivity contribution in [2.75, 3.05) is 6.54 Å². The van der Waals surface area contributed by atoms with E-state index < -0.39 is 17.8 Å². The van der Waals surface area contributed by atoms with Gasteiger partial charge in [0.1, 0.15) is 0 Å². The number of alkyl halides is 3. The first kappa shape index (κ1) is 21.7. The Kier molecular flexibility index (Phi) is 5.95. The summed E-state index contributed by atoms with van der Waals surface area (Å²) in [5.74, 6) is -0.181. The lowest BCUT2D eigenvalue weighted by atomic mass is 9.89. The smallest absolute Gasteiger partial charge is 0.331 e. The molecule has 0 bridgehead atoms. The zero-order chi connectivity index (χ0) is 22.2. The van der Waals surface area contributed by atoms with Crippen molar-refractivity contribution in [3.63, 3.8) is 0 Å². The number of carbonyl (C=O) groups is 1. The molecular weight excluding hydrogens is 448 g/mol. The lowest BCUT2D eigenvalue weighted by Gasteiger charge is -2.37.